The lowest BCUT2D eigenvalue weighted by Crippen LogP contribution is -2.09. The molecule has 0 unspecified atom stereocenters. The summed E-state index contributed by atoms with van der Waals surface area (Å²) in [6.45, 7) is 0. The van der Waals surface area contributed by atoms with Crippen molar-refractivity contribution in [3.63, 3.8) is 0 Å². The topological polar surface area (TPSA) is 54.4 Å². The van der Waals surface area contributed by atoms with Crippen LogP contribution in [-0.4, -0.2) is 16.9 Å². The van der Waals surface area contributed by atoms with Gasteiger partial charge in [-0.3, -0.25) is 9.50 Å². The Bertz CT molecular complexity index is 564. The molecule has 92 valence electrons. The quantitative estimate of drug-likeness (QED) is 0.847. The molecule has 0 spiro atoms. The number of benzene rings is 2. The van der Waals surface area contributed by atoms with Crippen LogP contribution < -0.4 is 0 Å². The highest BCUT2D eigenvalue weighted by Crippen LogP contribution is 2.14. The molecule has 0 aromatic heterocycles. The molecule has 0 aliphatic carbocycles. The van der Waals surface area contributed by atoms with Crippen LogP contribution in [0.3, 0.4) is 0 Å². The smallest absolute Gasteiger partial charge is 0.336 e. The monoisotopic (exact) mass is 246 g/mol. The Labute approximate surface area is 103 Å². The van der Waals surface area contributed by atoms with E-state index >= 15 is 0 Å². The zero-order chi connectivity index (χ0) is 12.3. The predicted octanol–water partition coefficient (Wildman–Crippen LogP) is 2.77. The van der Waals surface area contributed by atoms with Crippen molar-refractivity contribution >= 4 is 11.8 Å². The summed E-state index contributed by atoms with van der Waals surface area (Å²) in [5.41, 5.74) is 0.730. The van der Waals surface area contributed by atoms with Crippen molar-refractivity contribution in [3.05, 3.63) is 71.3 Å². The molecule has 3 nitrogen and oxygen atoms in total. The second kappa shape index (κ2) is 5.72. The van der Waals surface area contributed by atoms with Crippen LogP contribution in [0.4, 0.5) is 4.70 Å². The SMILES string of the molecule is F.O=C(O)c1ccccc1C(=O)c1ccccc1. The average molecular weight is 246 g/mol. The number of hydrogen-bond donors (Lipinski definition) is 1. The summed E-state index contributed by atoms with van der Waals surface area (Å²) in [6.07, 6.45) is 0. The van der Waals surface area contributed by atoms with Gasteiger partial charge in [0.1, 0.15) is 0 Å². The van der Waals surface area contributed by atoms with Gasteiger partial charge in [-0.25, -0.2) is 4.79 Å². The molecule has 0 aliphatic rings. The van der Waals surface area contributed by atoms with Crippen molar-refractivity contribution in [1.29, 1.82) is 0 Å². The van der Waals surface area contributed by atoms with Gasteiger partial charge in [0.05, 0.1) is 5.56 Å². The Kier molecular flexibility index (Phi) is 4.32. The number of halogens is 1. The van der Waals surface area contributed by atoms with Crippen LogP contribution >= 0.6 is 0 Å². The summed E-state index contributed by atoms with van der Waals surface area (Å²) in [4.78, 5) is 23.1. The van der Waals surface area contributed by atoms with Crippen LogP contribution in [0.15, 0.2) is 54.6 Å². The lowest BCUT2D eigenvalue weighted by atomic mass is 9.98. The third-order valence-electron chi connectivity index (χ3n) is 2.44. The van der Waals surface area contributed by atoms with Crippen LogP contribution in [0.5, 0.6) is 0 Å². The third-order valence-corrected chi connectivity index (χ3v) is 2.44. The number of aromatic carboxylic acids is 1. The maximum absolute atomic E-state index is 12.1. The highest BCUT2D eigenvalue weighted by Gasteiger charge is 2.16. The Balaban J connectivity index is 0.00000162. The van der Waals surface area contributed by atoms with Crippen molar-refractivity contribution in [1.82, 2.24) is 0 Å². The van der Waals surface area contributed by atoms with E-state index in [2.05, 4.69) is 0 Å². The number of rotatable bonds is 3. The summed E-state index contributed by atoms with van der Waals surface area (Å²) in [7, 11) is 0. The minimum Gasteiger partial charge on any atom is -0.478 e. The molecule has 0 heterocycles. The zero-order valence-electron chi connectivity index (χ0n) is 9.37. The van der Waals surface area contributed by atoms with E-state index in [1.807, 2.05) is 0 Å². The number of carbonyl (C=O) groups is 2. The fourth-order valence-electron chi connectivity index (χ4n) is 1.61. The largest absolute Gasteiger partial charge is 0.478 e. The van der Waals surface area contributed by atoms with E-state index in [9.17, 15) is 9.59 Å². The van der Waals surface area contributed by atoms with Gasteiger partial charge in [0, 0.05) is 11.1 Å². The van der Waals surface area contributed by atoms with Crippen LogP contribution in [0.2, 0.25) is 0 Å². The summed E-state index contributed by atoms with van der Waals surface area (Å²) in [5, 5.41) is 9.01. The number of carbonyl (C=O) groups excluding carboxylic acids is 1. The Morgan fingerprint density at radius 1 is 0.778 bits per heavy atom. The minimum atomic E-state index is -1.09. The molecule has 0 saturated carbocycles. The average Bonchev–Trinajstić information content (AvgIpc) is 2.39. The van der Waals surface area contributed by atoms with Crippen molar-refractivity contribution in [2.75, 3.05) is 0 Å². The molecule has 4 heteroatoms. The lowest BCUT2D eigenvalue weighted by molar-refractivity contribution is 0.0693. The molecule has 0 bridgehead atoms. The molecule has 1 N–H and O–H groups in total. The Morgan fingerprint density at radius 2 is 1.28 bits per heavy atom. The van der Waals surface area contributed by atoms with E-state index in [0.717, 1.165) is 0 Å². The van der Waals surface area contributed by atoms with Crippen molar-refractivity contribution < 1.29 is 19.4 Å². The first-order valence-corrected chi connectivity index (χ1v) is 5.12. The molecule has 0 fully saturated rings. The maximum atomic E-state index is 12.1. The maximum Gasteiger partial charge on any atom is 0.336 e. The van der Waals surface area contributed by atoms with Crippen LogP contribution in [-0.2, 0) is 0 Å². The predicted molar refractivity (Wildman–Crippen MR) is 65.8 cm³/mol. The summed E-state index contributed by atoms with van der Waals surface area (Å²) < 4.78 is 0. The normalized spacial score (nSPS) is 9.33. The second-order valence-electron chi connectivity index (χ2n) is 3.55. The van der Waals surface area contributed by atoms with E-state index in [4.69, 9.17) is 5.11 Å². The first kappa shape index (κ1) is 13.6. The minimum absolute atomic E-state index is 0. The molecule has 0 saturated heterocycles. The summed E-state index contributed by atoms with van der Waals surface area (Å²) in [6, 6.07) is 14.8. The molecule has 2 rings (SSSR count). The number of hydrogen-bond acceptors (Lipinski definition) is 2. The van der Waals surface area contributed by atoms with Gasteiger partial charge < -0.3 is 5.11 Å². The molecule has 2 aromatic carbocycles. The van der Waals surface area contributed by atoms with Gasteiger partial charge in [-0.05, 0) is 6.07 Å². The van der Waals surface area contributed by atoms with Crippen molar-refractivity contribution in [3.8, 4) is 0 Å². The van der Waals surface area contributed by atoms with Gasteiger partial charge in [0.25, 0.3) is 0 Å². The molecule has 0 amide bonds. The second-order valence-corrected chi connectivity index (χ2v) is 3.55. The van der Waals surface area contributed by atoms with E-state index in [-0.39, 0.29) is 21.6 Å². The number of carboxylic acid groups (broad SMARTS) is 1. The van der Waals surface area contributed by atoms with E-state index in [1.54, 1.807) is 42.5 Å². The van der Waals surface area contributed by atoms with Gasteiger partial charge in [0.2, 0.25) is 0 Å². The molecule has 0 atom stereocenters. The summed E-state index contributed by atoms with van der Waals surface area (Å²) in [5.74, 6) is -1.37. The number of ketones is 1. The van der Waals surface area contributed by atoms with Gasteiger partial charge in [-0.2, -0.15) is 0 Å². The Hall–Kier alpha value is -2.49. The highest BCUT2D eigenvalue weighted by molar-refractivity contribution is 6.14. The molecular formula is C14H11FO3. The van der Waals surface area contributed by atoms with Crippen molar-refractivity contribution in [2.24, 2.45) is 0 Å². The van der Waals surface area contributed by atoms with Crippen molar-refractivity contribution in [2.45, 2.75) is 0 Å². The first-order valence-electron chi connectivity index (χ1n) is 5.12. The zero-order valence-corrected chi connectivity index (χ0v) is 9.37. The van der Waals surface area contributed by atoms with Gasteiger partial charge >= 0.3 is 5.97 Å². The number of carboxylic acids is 1. The van der Waals surface area contributed by atoms with E-state index in [1.165, 1.54) is 12.1 Å². The summed E-state index contributed by atoms with van der Waals surface area (Å²) >= 11 is 0. The van der Waals surface area contributed by atoms with Crippen LogP contribution in [0.1, 0.15) is 26.3 Å². The fourth-order valence-corrected chi connectivity index (χ4v) is 1.61. The van der Waals surface area contributed by atoms with Gasteiger partial charge in [-0.15, -0.1) is 0 Å². The molecule has 0 aliphatic heterocycles. The van der Waals surface area contributed by atoms with Gasteiger partial charge in [-0.1, -0.05) is 48.5 Å². The van der Waals surface area contributed by atoms with E-state index in [0.29, 0.717) is 5.56 Å². The third kappa shape index (κ3) is 2.60. The molecule has 0 radical (unpaired) electrons. The van der Waals surface area contributed by atoms with Crippen LogP contribution in [0, 0.1) is 0 Å². The highest BCUT2D eigenvalue weighted by atomic mass is 19.0. The fraction of sp³-hybridized carbons (Fsp3) is 0. The van der Waals surface area contributed by atoms with Gasteiger partial charge in [0.15, 0.2) is 5.78 Å². The lowest BCUT2D eigenvalue weighted by Gasteiger charge is -2.04. The Morgan fingerprint density at radius 3 is 1.83 bits per heavy atom. The molecular weight excluding hydrogens is 235 g/mol. The first-order chi connectivity index (χ1) is 8.20. The van der Waals surface area contributed by atoms with E-state index < -0.39 is 5.97 Å². The van der Waals surface area contributed by atoms with Crippen LogP contribution in [0.25, 0.3) is 0 Å². The molecule has 2 aromatic rings. The molecule has 18 heavy (non-hydrogen) atoms. The standard InChI is InChI=1S/C14H10O3.FH/c15-13(10-6-2-1-3-7-10)11-8-4-5-9-12(11)14(16)17;/h1-9H,(H,16,17);1H.